The molecule has 0 heterocycles. The van der Waals surface area contributed by atoms with Gasteiger partial charge in [-0.2, -0.15) is 0 Å². The molecule has 0 aromatic heterocycles. The molecule has 0 spiro atoms. The van der Waals surface area contributed by atoms with Gasteiger partial charge in [-0.25, -0.2) is 4.79 Å². The largest absolute Gasteiger partial charge is 0.510 e. The molecule has 0 aliphatic carbocycles. The predicted molar refractivity (Wildman–Crippen MR) is 49.3 cm³/mol. The molecule has 0 unspecified atom stereocenters. The molecule has 3 nitrogen and oxygen atoms in total. The van der Waals surface area contributed by atoms with Gasteiger partial charge >= 0.3 is 6.16 Å². The van der Waals surface area contributed by atoms with Gasteiger partial charge in [-0.3, -0.25) is 0 Å². The van der Waals surface area contributed by atoms with Gasteiger partial charge in [-0.15, -0.1) is 0 Å². The normalized spacial score (nSPS) is 10.2. The molecule has 1 rings (SSSR count). The lowest BCUT2D eigenvalue weighted by Crippen LogP contribution is -1.91. The van der Waals surface area contributed by atoms with Crippen molar-refractivity contribution in [3.8, 4) is 0 Å². The molecule has 0 saturated carbocycles. The van der Waals surface area contributed by atoms with Gasteiger partial charge in [0.05, 0.1) is 6.26 Å². The number of hydrogen-bond donors (Lipinski definition) is 1. The standard InChI is InChI=1S/C10H10O3/c1-8-2-4-9(5-3-8)6-7-13-10(11)12/h2-7H,1H3,(H,11,12). The van der Waals surface area contributed by atoms with Crippen LogP contribution < -0.4 is 0 Å². The average molecular weight is 178 g/mol. The molecule has 3 heteroatoms. The lowest BCUT2D eigenvalue weighted by atomic mass is 10.1. The van der Waals surface area contributed by atoms with Crippen molar-refractivity contribution in [2.24, 2.45) is 0 Å². The molecule has 1 aromatic carbocycles. The molecule has 0 atom stereocenters. The smallest absolute Gasteiger partial charge is 0.449 e. The second-order valence-corrected chi connectivity index (χ2v) is 2.60. The van der Waals surface area contributed by atoms with E-state index in [9.17, 15) is 4.79 Å². The quantitative estimate of drug-likeness (QED) is 0.559. The zero-order valence-corrected chi connectivity index (χ0v) is 7.23. The third-order valence-electron chi connectivity index (χ3n) is 1.51. The molecule has 0 amide bonds. The van der Waals surface area contributed by atoms with Crippen molar-refractivity contribution in [1.29, 1.82) is 0 Å². The van der Waals surface area contributed by atoms with Gasteiger partial charge < -0.3 is 9.84 Å². The van der Waals surface area contributed by atoms with Crippen LogP contribution in [0.25, 0.3) is 6.08 Å². The third-order valence-corrected chi connectivity index (χ3v) is 1.51. The lowest BCUT2D eigenvalue weighted by Gasteiger charge is -1.94. The van der Waals surface area contributed by atoms with Crippen molar-refractivity contribution in [2.75, 3.05) is 0 Å². The van der Waals surface area contributed by atoms with E-state index in [4.69, 9.17) is 5.11 Å². The first-order valence-corrected chi connectivity index (χ1v) is 3.81. The van der Waals surface area contributed by atoms with E-state index in [1.165, 1.54) is 0 Å². The summed E-state index contributed by atoms with van der Waals surface area (Å²) in [6.07, 6.45) is 1.43. The summed E-state index contributed by atoms with van der Waals surface area (Å²) in [5.41, 5.74) is 2.07. The number of aryl methyl sites for hydroxylation is 1. The molecule has 1 aromatic rings. The van der Waals surface area contributed by atoms with Crippen LogP contribution in [0.1, 0.15) is 11.1 Å². The highest BCUT2D eigenvalue weighted by molar-refractivity contribution is 5.59. The van der Waals surface area contributed by atoms with Crippen molar-refractivity contribution in [2.45, 2.75) is 6.92 Å². The predicted octanol–water partition coefficient (Wildman–Crippen LogP) is 2.66. The minimum Gasteiger partial charge on any atom is -0.449 e. The van der Waals surface area contributed by atoms with Gasteiger partial charge in [0.1, 0.15) is 0 Å². The Balaban J connectivity index is 2.59. The fourth-order valence-electron chi connectivity index (χ4n) is 0.848. The van der Waals surface area contributed by atoms with E-state index < -0.39 is 6.16 Å². The summed E-state index contributed by atoms with van der Waals surface area (Å²) in [6.45, 7) is 1.99. The summed E-state index contributed by atoms with van der Waals surface area (Å²) < 4.78 is 4.21. The molecule has 0 fully saturated rings. The van der Waals surface area contributed by atoms with Crippen LogP contribution in [0.5, 0.6) is 0 Å². The van der Waals surface area contributed by atoms with Crippen molar-refractivity contribution in [3.05, 3.63) is 41.7 Å². The number of rotatable bonds is 2. The lowest BCUT2D eigenvalue weighted by molar-refractivity contribution is 0.128. The van der Waals surface area contributed by atoms with Crippen molar-refractivity contribution in [1.82, 2.24) is 0 Å². The molecule has 0 saturated heterocycles. The van der Waals surface area contributed by atoms with Crippen LogP contribution >= 0.6 is 0 Å². The highest BCUT2D eigenvalue weighted by Crippen LogP contribution is 2.04. The Labute approximate surface area is 76.3 Å². The van der Waals surface area contributed by atoms with Crippen LogP contribution in [0.4, 0.5) is 4.79 Å². The topological polar surface area (TPSA) is 46.5 Å². The fraction of sp³-hybridized carbons (Fsp3) is 0.100. The number of hydrogen-bond acceptors (Lipinski definition) is 2. The Kier molecular flexibility index (Phi) is 3.09. The summed E-state index contributed by atoms with van der Waals surface area (Å²) in [7, 11) is 0. The van der Waals surface area contributed by atoms with Crippen LogP contribution in [-0.4, -0.2) is 11.3 Å². The Morgan fingerprint density at radius 3 is 2.54 bits per heavy atom. The summed E-state index contributed by atoms with van der Waals surface area (Å²) in [4.78, 5) is 9.97. The maximum Gasteiger partial charge on any atom is 0.510 e. The summed E-state index contributed by atoms with van der Waals surface area (Å²) in [5.74, 6) is 0. The number of ether oxygens (including phenoxy) is 1. The Morgan fingerprint density at radius 1 is 1.38 bits per heavy atom. The second kappa shape index (κ2) is 4.30. The Bertz CT molecular complexity index is 311. The maximum atomic E-state index is 9.97. The molecule has 0 aliphatic rings. The molecular formula is C10H10O3. The van der Waals surface area contributed by atoms with Crippen LogP contribution in [0.2, 0.25) is 0 Å². The van der Waals surface area contributed by atoms with Gasteiger partial charge in [0.15, 0.2) is 0 Å². The second-order valence-electron chi connectivity index (χ2n) is 2.60. The van der Waals surface area contributed by atoms with E-state index in [-0.39, 0.29) is 0 Å². The first-order chi connectivity index (χ1) is 6.18. The molecule has 68 valence electrons. The average Bonchev–Trinajstić information content (AvgIpc) is 2.08. The van der Waals surface area contributed by atoms with E-state index >= 15 is 0 Å². The van der Waals surface area contributed by atoms with Gasteiger partial charge in [0.2, 0.25) is 0 Å². The summed E-state index contributed by atoms with van der Waals surface area (Å²) >= 11 is 0. The van der Waals surface area contributed by atoms with E-state index in [0.29, 0.717) is 0 Å². The van der Waals surface area contributed by atoms with Crippen molar-refractivity contribution in [3.63, 3.8) is 0 Å². The summed E-state index contributed by atoms with van der Waals surface area (Å²) in [5, 5.41) is 8.16. The van der Waals surface area contributed by atoms with Crippen LogP contribution in [0.3, 0.4) is 0 Å². The minimum atomic E-state index is -1.30. The van der Waals surface area contributed by atoms with Crippen molar-refractivity contribution >= 4 is 12.2 Å². The minimum absolute atomic E-state index is 0.909. The zero-order valence-electron chi connectivity index (χ0n) is 7.23. The zero-order chi connectivity index (χ0) is 9.68. The first kappa shape index (κ1) is 9.32. The number of carboxylic acid groups (broad SMARTS) is 1. The monoisotopic (exact) mass is 178 g/mol. The maximum absolute atomic E-state index is 9.97. The van der Waals surface area contributed by atoms with Crippen molar-refractivity contribution < 1.29 is 14.6 Å². The van der Waals surface area contributed by atoms with E-state index in [0.717, 1.165) is 17.4 Å². The molecule has 13 heavy (non-hydrogen) atoms. The van der Waals surface area contributed by atoms with Crippen LogP contribution in [0.15, 0.2) is 30.5 Å². The molecule has 0 bridgehead atoms. The van der Waals surface area contributed by atoms with Crippen LogP contribution in [0, 0.1) is 6.92 Å². The highest BCUT2D eigenvalue weighted by Gasteiger charge is 1.90. The third kappa shape index (κ3) is 3.42. The number of carbonyl (C=O) groups is 1. The Morgan fingerprint density at radius 2 is 2.00 bits per heavy atom. The SMILES string of the molecule is Cc1ccc(C=COC(=O)O)cc1. The molecule has 0 aliphatic heterocycles. The van der Waals surface area contributed by atoms with Gasteiger partial charge in [0, 0.05) is 0 Å². The van der Waals surface area contributed by atoms with E-state index in [2.05, 4.69) is 4.74 Å². The van der Waals surface area contributed by atoms with E-state index in [1.54, 1.807) is 6.08 Å². The number of benzene rings is 1. The Hall–Kier alpha value is -1.77. The molecular weight excluding hydrogens is 168 g/mol. The van der Waals surface area contributed by atoms with Gasteiger partial charge in [-0.1, -0.05) is 29.8 Å². The van der Waals surface area contributed by atoms with Gasteiger partial charge in [0.25, 0.3) is 0 Å². The van der Waals surface area contributed by atoms with Crippen LogP contribution in [-0.2, 0) is 4.74 Å². The molecule has 0 radical (unpaired) electrons. The first-order valence-electron chi connectivity index (χ1n) is 3.81. The fourth-order valence-corrected chi connectivity index (χ4v) is 0.848. The van der Waals surface area contributed by atoms with Gasteiger partial charge in [-0.05, 0) is 18.6 Å². The summed E-state index contributed by atoms with van der Waals surface area (Å²) in [6, 6.07) is 7.66. The molecule has 1 N–H and O–H groups in total. The van der Waals surface area contributed by atoms with E-state index in [1.807, 2.05) is 31.2 Å². The highest BCUT2D eigenvalue weighted by atomic mass is 16.7.